The minimum Gasteiger partial charge on any atom is -0.393 e. The molecule has 2 saturated heterocycles. The standard InChI is InChI=1S/C23H22F4N2O3.C20H19ClF3N3O2.2C18H21F3N4O2/c1-13-11-17(4-6-19(13)24)28-21(31)16-3-5-20(25)18(12-16)23(26,27)22(32)29-9-7-15(8-10-29)14(2)30;1-12(27-8-5-15(28)6-9-27)20(23,24)16-10-13(2-3-17(16)22)19(29)26-14-4-7-25-18(21)11-14;1-10-8-11(6-7-13(10)19)22-15(26)14-12(9-25(5)24-14)18(20,21)16(27)23-17(2,3)4;1-10-8-11(6-7-12(10)19)22-15(26)13-9-14(25(5)24-13)18(20,21)16(27)23-17(2,3)4/h3-6,11-12,15H,7-10H2,1-2H3,(H,28,31);2-4,7,10-11,15,28H,1,5-6,8-9H2,(H,25,26,29);2*6-9H,1-5H3,(H,22,26)(H,23,27). The average Bonchev–Trinajstić information content (AvgIpc) is 1.76. The molecule has 2 aliphatic heterocycles. The van der Waals surface area contributed by atoms with Gasteiger partial charge in [-0.3, -0.25) is 47.7 Å². The highest BCUT2D eigenvalue weighted by Gasteiger charge is 2.50. The van der Waals surface area contributed by atoms with Crippen LogP contribution in [-0.4, -0.2) is 130 Å². The number of aliphatic hydroxyl groups is 1. The molecule has 10 rings (SSSR count). The molecule has 7 amide bonds. The molecule has 0 spiro atoms. The van der Waals surface area contributed by atoms with Crippen LogP contribution in [0.25, 0.3) is 0 Å². The number of hydrogen-bond acceptors (Lipinski definition) is 13. The second-order valence-electron chi connectivity index (χ2n) is 29.1. The van der Waals surface area contributed by atoms with Gasteiger partial charge in [0.05, 0.1) is 28.5 Å². The van der Waals surface area contributed by atoms with Gasteiger partial charge in [-0.15, -0.1) is 0 Å². The van der Waals surface area contributed by atoms with Crippen molar-refractivity contribution in [1.29, 1.82) is 0 Å². The fraction of sp³-hybridized carbons (Fsp3) is 0.354. The molecule has 5 heterocycles. The van der Waals surface area contributed by atoms with E-state index in [1.54, 1.807) is 41.5 Å². The number of rotatable bonds is 18. The molecule has 616 valence electrons. The monoisotopic (exact) mass is 1640 g/mol. The van der Waals surface area contributed by atoms with E-state index >= 15 is 8.78 Å². The first kappa shape index (κ1) is 90.7. The van der Waals surface area contributed by atoms with Crippen LogP contribution in [0.4, 0.5) is 79.8 Å². The lowest BCUT2D eigenvalue weighted by atomic mass is 9.92. The number of carbonyl (C=O) groups excluding carboxylic acids is 8. The number of Topliss-reactive ketones (excluding diaryl/α,β-unsaturated/α-hetero) is 1. The molecule has 0 unspecified atom stereocenters. The summed E-state index contributed by atoms with van der Waals surface area (Å²) < 4.78 is 189. The van der Waals surface area contributed by atoms with Gasteiger partial charge in [0.1, 0.15) is 45.7 Å². The molecule has 115 heavy (non-hydrogen) atoms. The van der Waals surface area contributed by atoms with E-state index in [0.29, 0.717) is 41.9 Å². The van der Waals surface area contributed by atoms with E-state index in [2.05, 4.69) is 53.7 Å². The summed E-state index contributed by atoms with van der Waals surface area (Å²) in [5.41, 5.74) is -5.34. The highest BCUT2D eigenvalue weighted by Crippen LogP contribution is 2.41. The topological polar surface area (TPSA) is 284 Å². The normalized spacial score (nSPS) is 13.6. The molecule has 0 radical (unpaired) electrons. The van der Waals surface area contributed by atoms with Gasteiger partial charge in [-0.1, -0.05) is 18.2 Å². The number of hydrogen-bond donors (Lipinski definition) is 7. The Morgan fingerprint density at radius 3 is 1.33 bits per heavy atom. The number of pyridine rings is 1. The number of ketones is 1. The molecule has 0 saturated carbocycles. The lowest BCUT2D eigenvalue weighted by molar-refractivity contribution is -0.161. The van der Waals surface area contributed by atoms with Crippen molar-refractivity contribution in [2.24, 2.45) is 20.0 Å². The number of likely N-dealkylation sites (tertiary alicyclic amines) is 2. The lowest BCUT2D eigenvalue weighted by Gasteiger charge is -2.36. The largest absolute Gasteiger partial charge is 0.393 e. The van der Waals surface area contributed by atoms with E-state index in [0.717, 1.165) is 62.9 Å². The average molecular weight is 1640 g/mol. The van der Waals surface area contributed by atoms with Crippen LogP contribution in [-0.2, 0) is 57.0 Å². The van der Waals surface area contributed by atoms with Gasteiger partial charge < -0.3 is 46.8 Å². The second-order valence-corrected chi connectivity index (χ2v) is 29.5. The van der Waals surface area contributed by atoms with E-state index < -0.39 is 145 Å². The van der Waals surface area contributed by atoms with Gasteiger partial charge in [0.2, 0.25) is 0 Å². The van der Waals surface area contributed by atoms with Gasteiger partial charge >= 0.3 is 23.7 Å². The van der Waals surface area contributed by atoms with Crippen molar-refractivity contribution in [2.45, 2.75) is 136 Å². The van der Waals surface area contributed by atoms with E-state index in [9.17, 15) is 91.8 Å². The maximum Gasteiger partial charge on any atom is 0.365 e. The minimum atomic E-state index is -4.20. The van der Waals surface area contributed by atoms with Crippen molar-refractivity contribution in [2.75, 3.05) is 47.4 Å². The molecule has 0 aliphatic carbocycles. The molecule has 0 bridgehead atoms. The number of alkyl halides is 8. The molecular weight excluding hydrogens is 1560 g/mol. The molecule has 3 aromatic heterocycles. The van der Waals surface area contributed by atoms with Crippen LogP contribution in [0.5, 0.6) is 0 Å². The molecule has 2 fully saturated rings. The zero-order valence-corrected chi connectivity index (χ0v) is 65.0. The van der Waals surface area contributed by atoms with Gasteiger partial charge in [-0.25, -0.2) is 26.9 Å². The third kappa shape index (κ3) is 23.6. The number of aryl methyl sites for hydroxylation is 5. The Balaban J connectivity index is 0.000000213. The summed E-state index contributed by atoms with van der Waals surface area (Å²) in [7, 11) is 2.58. The van der Waals surface area contributed by atoms with Gasteiger partial charge in [0.25, 0.3) is 41.4 Å². The first-order valence-corrected chi connectivity index (χ1v) is 35.6. The molecule has 36 heteroatoms. The predicted octanol–water partition coefficient (Wildman–Crippen LogP) is 14.9. The Morgan fingerprint density at radius 2 is 0.896 bits per heavy atom. The third-order valence-corrected chi connectivity index (χ3v) is 17.8. The number of aliphatic hydroxyl groups excluding tert-OH is 1. The van der Waals surface area contributed by atoms with Crippen molar-refractivity contribution in [3.63, 3.8) is 0 Å². The molecule has 7 N–H and O–H groups in total. The smallest absolute Gasteiger partial charge is 0.365 e. The highest BCUT2D eigenvalue weighted by atomic mass is 35.5. The van der Waals surface area contributed by atoms with Crippen LogP contribution in [0.3, 0.4) is 0 Å². The molecule has 8 aromatic rings. The summed E-state index contributed by atoms with van der Waals surface area (Å²) in [6, 6.07) is 20.4. The lowest BCUT2D eigenvalue weighted by Crippen LogP contribution is -2.48. The second kappa shape index (κ2) is 36.8. The number of amides is 7. The minimum absolute atomic E-state index is 0.0373. The Hall–Kier alpha value is -11.5. The molecule has 2 aliphatic rings. The van der Waals surface area contributed by atoms with Crippen molar-refractivity contribution < 1.29 is 101 Å². The van der Waals surface area contributed by atoms with Crippen LogP contribution < -0.4 is 31.9 Å². The maximum absolute atomic E-state index is 15.0. The Labute approximate surface area is 657 Å². The number of nitrogens with one attached hydrogen (secondary N) is 6. The van der Waals surface area contributed by atoms with E-state index in [-0.39, 0.29) is 95.2 Å². The fourth-order valence-electron chi connectivity index (χ4n) is 11.4. The maximum atomic E-state index is 15.0. The number of anilines is 4. The van der Waals surface area contributed by atoms with Crippen LogP contribution in [0.2, 0.25) is 5.15 Å². The summed E-state index contributed by atoms with van der Waals surface area (Å²) in [5, 5.41) is 31.4. The molecule has 22 nitrogen and oxygen atoms in total. The van der Waals surface area contributed by atoms with Crippen LogP contribution in [0.1, 0.15) is 155 Å². The fourth-order valence-corrected chi connectivity index (χ4v) is 11.6. The summed E-state index contributed by atoms with van der Waals surface area (Å²) in [6.45, 7) is 19.1. The SMILES string of the molecule is C=C(N1CCC(O)CC1)C(F)(F)c1cc(C(=O)Nc2ccnc(Cl)c2)ccc1F.CC(=O)C1CCN(C(=O)C(F)(F)c2cc(C(=O)Nc3ccc(F)c(C)c3)ccc2F)CC1.Cc1cc(NC(=O)c2cc(C(F)(F)C(=O)NC(C)(C)C)n(C)n2)ccc1F.Cc1cc(NC(=O)c2nn(C)cc2C(F)(F)C(=O)NC(C)(C)C)ccc1F. The van der Waals surface area contributed by atoms with Crippen LogP contribution in [0.15, 0.2) is 134 Å². The van der Waals surface area contributed by atoms with Gasteiger partial charge in [0, 0.05) is 104 Å². The number of aromatic nitrogens is 5. The Morgan fingerprint density at radius 1 is 0.487 bits per heavy atom. The number of piperidine rings is 2. The van der Waals surface area contributed by atoms with Crippen molar-refractivity contribution >= 4 is 81.5 Å². The number of halogens is 14. The number of allylic oxidation sites excluding steroid dienone is 1. The third-order valence-electron chi connectivity index (χ3n) is 17.6. The van der Waals surface area contributed by atoms with Crippen molar-refractivity contribution in [1.82, 2.24) is 45.0 Å². The zero-order chi connectivity index (χ0) is 85.9. The van der Waals surface area contributed by atoms with Crippen LogP contribution in [0, 0.1) is 55.8 Å². The Kier molecular flexibility index (Phi) is 29.0. The van der Waals surface area contributed by atoms with E-state index in [1.807, 2.05) is 0 Å². The molecule has 5 aromatic carbocycles. The number of benzene rings is 5. The summed E-state index contributed by atoms with van der Waals surface area (Å²) in [5.74, 6) is -27.7. The van der Waals surface area contributed by atoms with Crippen molar-refractivity contribution in [3.8, 4) is 0 Å². The first-order valence-electron chi connectivity index (χ1n) is 35.2. The number of nitrogens with zero attached hydrogens (tertiary/aromatic N) is 7. The van der Waals surface area contributed by atoms with E-state index in [1.165, 1.54) is 107 Å². The number of carbonyl (C=O) groups is 8. The first-order chi connectivity index (χ1) is 53.3. The van der Waals surface area contributed by atoms with Gasteiger partial charge in [-0.2, -0.15) is 45.3 Å². The summed E-state index contributed by atoms with van der Waals surface area (Å²) in [6.07, 6.45) is 2.94. The summed E-state index contributed by atoms with van der Waals surface area (Å²) >= 11 is 5.76. The predicted molar refractivity (Wildman–Crippen MR) is 401 cm³/mol. The zero-order valence-electron chi connectivity index (χ0n) is 64.2. The Bertz CT molecular complexity index is 4990. The van der Waals surface area contributed by atoms with E-state index in [4.69, 9.17) is 11.6 Å². The van der Waals surface area contributed by atoms with Gasteiger partial charge in [-0.05, 0) is 221 Å². The quantitative estimate of drug-likeness (QED) is 0.0311. The molecule has 0 atom stereocenters. The molecular formula is C79H83ClF13N13O9. The van der Waals surface area contributed by atoms with Gasteiger partial charge in [0.15, 0.2) is 11.4 Å². The summed E-state index contributed by atoms with van der Waals surface area (Å²) in [4.78, 5) is 104. The highest BCUT2D eigenvalue weighted by molar-refractivity contribution is 6.29. The van der Waals surface area contributed by atoms with Crippen LogP contribution >= 0.6 is 11.6 Å². The van der Waals surface area contributed by atoms with Crippen molar-refractivity contribution in [3.05, 3.63) is 230 Å².